The van der Waals surface area contributed by atoms with Crippen molar-refractivity contribution in [1.29, 1.82) is 0 Å². The summed E-state index contributed by atoms with van der Waals surface area (Å²) in [5.41, 5.74) is 2.77. The van der Waals surface area contributed by atoms with E-state index in [1.165, 1.54) is 11.1 Å². The summed E-state index contributed by atoms with van der Waals surface area (Å²) in [6.45, 7) is 7.39. The van der Waals surface area contributed by atoms with Gasteiger partial charge in [0, 0.05) is 27.2 Å². The van der Waals surface area contributed by atoms with Crippen molar-refractivity contribution in [1.82, 2.24) is 0 Å². The van der Waals surface area contributed by atoms with Crippen LogP contribution in [0.3, 0.4) is 0 Å². The molecule has 0 spiro atoms. The van der Waals surface area contributed by atoms with E-state index in [1.54, 1.807) is 14.2 Å². The molecule has 2 heteroatoms. The maximum Gasteiger partial charge on any atom is 0.0843 e. The molecular formula is C15H24O2. The van der Waals surface area contributed by atoms with Crippen LogP contribution >= 0.6 is 0 Å². The van der Waals surface area contributed by atoms with Crippen LogP contribution in [-0.4, -0.2) is 20.8 Å². The average molecular weight is 236 g/mol. The highest BCUT2D eigenvalue weighted by atomic mass is 16.5. The molecule has 1 aromatic rings. The van der Waals surface area contributed by atoms with E-state index in [-0.39, 0.29) is 11.5 Å². The Morgan fingerprint density at radius 2 is 1.65 bits per heavy atom. The fourth-order valence-corrected chi connectivity index (χ4v) is 1.84. The van der Waals surface area contributed by atoms with E-state index in [2.05, 4.69) is 45.0 Å². The van der Waals surface area contributed by atoms with Gasteiger partial charge in [0.2, 0.25) is 0 Å². The van der Waals surface area contributed by atoms with Crippen molar-refractivity contribution in [2.75, 3.05) is 20.8 Å². The average Bonchev–Trinajstić information content (AvgIpc) is 2.29. The molecule has 0 bridgehead atoms. The minimum absolute atomic E-state index is 0.129. The largest absolute Gasteiger partial charge is 0.385 e. The first kappa shape index (κ1) is 14.2. The van der Waals surface area contributed by atoms with Crippen LogP contribution in [0.5, 0.6) is 0 Å². The number of ether oxygens (including phenoxy) is 2. The molecule has 0 saturated heterocycles. The van der Waals surface area contributed by atoms with Gasteiger partial charge in [0.25, 0.3) is 0 Å². The molecular weight excluding hydrogens is 212 g/mol. The lowest BCUT2D eigenvalue weighted by atomic mass is 9.86. The first-order chi connectivity index (χ1) is 7.99. The zero-order valence-corrected chi connectivity index (χ0v) is 11.6. The molecule has 1 rings (SSSR count). The summed E-state index contributed by atoms with van der Waals surface area (Å²) < 4.78 is 10.6. The van der Waals surface area contributed by atoms with Crippen molar-refractivity contribution in [3.05, 3.63) is 35.4 Å². The van der Waals surface area contributed by atoms with Crippen LogP contribution in [0.4, 0.5) is 0 Å². The fourth-order valence-electron chi connectivity index (χ4n) is 1.84. The van der Waals surface area contributed by atoms with Crippen LogP contribution in [-0.2, 0) is 14.9 Å². The maximum absolute atomic E-state index is 5.48. The summed E-state index contributed by atoms with van der Waals surface area (Å²) in [5, 5.41) is 0. The second-order valence-electron chi connectivity index (χ2n) is 5.38. The minimum atomic E-state index is 0.129. The monoisotopic (exact) mass is 236 g/mol. The molecule has 0 fully saturated rings. The lowest BCUT2D eigenvalue weighted by molar-refractivity contribution is 0.0662. The van der Waals surface area contributed by atoms with E-state index in [0.717, 1.165) is 13.0 Å². The Hall–Kier alpha value is -0.860. The molecule has 17 heavy (non-hydrogen) atoms. The molecule has 0 aliphatic heterocycles. The summed E-state index contributed by atoms with van der Waals surface area (Å²) >= 11 is 0. The van der Waals surface area contributed by atoms with Crippen LogP contribution < -0.4 is 0 Å². The molecule has 0 radical (unpaired) electrons. The predicted molar refractivity (Wildman–Crippen MR) is 71.4 cm³/mol. The molecule has 0 amide bonds. The maximum atomic E-state index is 5.48. The summed E-state index contributed by atoms with van der Waals surface area (Å²) in [5.74, 6) is 0. The Kier molecular flexibility index (Phi) is 5.16. The quantitative estimate of drug-likeness (QED) is 0.776. The lowest BCUT2D eigenvalue weighted by Gasteiger charge is -2.21. The first-order valence-electron chi connectivity index (χ1n) is 6.11. The lowest BCUT2D eigenvalue weighted by Crippen LogP contribution is -2.11. The summed E-state index contributed by atoms with van der Waals surface area (Å²) in [7, 11) is 3.47. The van der Waals surface area contributed by atoms with Gasteiger partial charge in [0.1, 0.15) is 0 Å². The number of rotatable bonds is 5. The molecule has 1 atom stereocenters. The van der Waals surface area contributed by atoms with Gasteiger partial charge in [-0.25, -0.2) is 0 Å². The Morgan fingerprint density at radius 1 is 1.06 bits per heavy atom. The third-order valence-electron chi connectivity index (χ3n) is 3.02. The zero-order chi connectivity index (χ0) is 12.9. The van der Waals surface area contributed by atoms with Gasteiger partial charge in [0.15, 0.2) is 0 Å². The van der Waals surface area contributed by atoms with Crippen molar-refractivity contribution in [3.63, 3.8) is 0 Å². The highest BCUT2D eigenvalue weighted by Crippen LogP contribution is 2.26. The smallest absolute Gasteiger partial charge is 0.0843 e. The third-order valence-corrected chi connectivity index (χ3v) is 3.02. The molecule has 0 aliphatic carbocycles. The molecule has 2 nitrogen and oxygen atoms in total. The second kappa shape index (κ2) is 6.18. The van der Waals surface area contributed by atoms with Gasteiger partial charge < -0.3 is 9.47 Å². The van der Waals surface area contributed by atoms with E-state index in [4.69, 9.17) is 9.47 Å². The van der Waals surface area contributed by atoms with Crippen LogP contribution in [0, 0.1) is 0 Å². The van der Waals surface area contributed by atoms with Crippen LogP contribution in [0.2, 0.25) is 0 Å². The Labute approximate surface area is 105 Å². The molecule has 0 aromatic heterocycles. The van der Waals surface area contributed by atoms with Gasteiger partial charge >= 0.3 is 0 Å². The normalized spacial score (nSPS) is 13.7. The van der Waals surface area contributed by atoms with Crippen LogP contribution in [0.25, 0.3) is 0 Å². The van der Waals surface area contributed by atoms with E-state index >= 15 is 0 Å². The van der Waals surface area contributed by atoms with Crippen LogP contribution in [0.15, 0.2) is 24.3 Å². The highest BCUT2D eigenvalue weighted by molar-refractivity contribution is 5.28. The molecule has 1 aromatic carbocycles. The molecule has 0 saturated carbocycles. The minimum Gasteiger partial charge on any atom is -0.385 e. The number of hydrogen-bond donors (Lipinski definition) is 0. The fraction of sp³-hybridized carbons (Fsp3) is 0.600. The molecule has 0 aliphatic rings. The van der Waals surface area contributed by atoms with Gasteiger partial charge in [-0.05, 0) is 16.5 Å². The van der Waals surface area contributed by atoms with Crippen molar-refractivity contribution >= 4 is 0 Å². The van der Waals surface area contributed by atoms with Gasteiger partial charge in [0.05, 0.1) is 6.10 Å². The van der Waals surface area contributed by atoms with E-state index in [1.807, 2.05) is 0 Å². The molecule has 0 heterocycles. The topological polar surface area (TPSA) is 18.5 Å². The second-order valence-corrected chi connectivity index (χ2v) is 5.38. The number of benzene rings is 1. The van der Waals surface area contributed by atoms with Gasteiger partial charge in [-0.2, -0.15) is 0 Å². The Bertz CT molecular complexity index is 322. The Balaban J connectivity index is 2.78. The van der Waals surface area contributed by atoms with Crippen molar-refractivity contribution in [2.24, 2.45) is 0 Å². The van der Waals surface area contributed by atoms with Gasteiger partial charge in [-0.15, -0.1) is 0 Å². The van der Waals surface area contributed by atoms with Gasteiger partial charge in [-0.1, -0.05) is 45.0 Å². The summed E-state index contributed by atoms with van der Waals surface area (Å²) in [6.07, 6.45) is 1.02. The SMILES string of the molecule is COCCC(OC)c1ccc(C(C)(C)C)cc1. The van der Waals surface area contributed by atoms with Crippen molar-refractivity contribution in [2.45, 2.75) is 38.7 Å². The molecule has 0 N–H and O–H groups in total. The standard InChI is InChI=1S/C15H24O2/c1-15(2,3)13-8-6-12(7-9-13)14(17-5)10-11-16-4/h6-9,14H,10-11H2,1-5H3. The van der Waals surface area contributed by atoms with Crippen LogP contribution in [0.1, 0.15) is 44.4 Å². The third kappa shape index (κ3) is 4.14. The van der Waals surface area contributed by atoms with Crippen molar-refractivity contribution in [3.8, 4) is 0 Å². The zero-order valence-electron chi connectivity index (χ0n) is 11.6. The van der Waals surface area contributed by atoms with E-state index < -0.39 is 0 Å². The number of hydrogen-bond acceptors (Lipinski definition) is 2. The summed E-state index contributed by atoms with van der Waals surface area (Å²) in [6, 6.07) is 8.69. The summed E-state index contributed by atoms with van der Waals surface area (Å²) in [4.78, 5) is 0. The first-order valence-corrected chi connectivity index (χ1v) is 6.11. The van der Waals surface area contributed by atoms with E-state index in [0.29, 0.717) is 0 Å². The van der Waals surface area contributed by atoms with Gasteiger partial charge in [-0.3, -0.25) is 0 Å². The van der Waals surface area contributed by atoms with E-state index in [9.17, 15) is 0 Å². The van der Waals surface area contributed by atoms with Crippen molar-refractivity contribution < 1.29 is 9.47 Å². The number of methoxy groups -OCH3 is 2. The Morgan fingerprint density at radius 3 is 2.06 bits per heavy atom. The molecule has 96 valence electrons. The predicted octanol–water partition coefficient (Wildman–Crippen LogP) is 3.71. The molecule has 1 unspecified atom stereocenters. The highest BCUT2D eigenvalue weighted by Gasteiger charge is 2.15.